The second-order valence-corrected chi connectivity index (χ2v) is 9.11. The van der Waals surface area contributed by atoms with Crippen molar-refractivity contribution in [3.8, 4) is 0 Å². The Morgan fingerprint density at radius 2 is 1.58 bits per heavy atom. The number of anilines is 1. The number of benzene rings is 3. The van der Waals surface area contributed by atoms with Crippen molar-refractivity contribution in [2.75, 3.05) is 18.1 Å². The number of aliphatic hydroxyl groups excluding tert-OH is 1. The second-order valence-electron chi connectivity index (χ2n) is 9.11. The summed E-state index contributed by atoms with van der Waals surface area (Å²) in [5.74, 6) is -1.06. The Hall–Kier alpha value is -3.74. The van der Waals surface area contributed by atoms with E-state index in [1.165, 1.54) is 0 Å². The fourth-order valence-corrected chi connectivity index (χ4v) is 4.68. The van der Waals surface area contributed by atoms with Crippen LogP contribution in [0.2, 0.25) is 0 Å². The van der Waals surface area contributed by atoms with E-state index in [1.54, 1.807) is 34.9 Å². The predicted molar refractivity (Wildman–Crippen MR) is 140 cm³/mol. The third-order valence-electron chi connectivity index (χ3n) is 6.68. The third-order valence-corrected chi connectivity index (χ3v) is 6.68. The number of amides is 2. The molecule has 0 bridgehead atoms. The molecule has 3 aromatic rings. The van der Waals surface area contributed by atoms with Crippen molar-refractivity contribution in [3.05, 3.63) is 114 Å². The summed E-state index contributed by atoms with van der Waals surface area (Å²) in [6.45, 7) is 2.68. The molecule has 1 aliphatic rings. The zero-order chi connectivity index (χ0) is 25.5. The van der Waals surface area contributed by atoms with Gasteiger partial charge in [-0.15, -0.1) is 0 Å². The first-order valence-corrected chi connectivity index (χ1v) is 12.2. The van der Waals surface area contributed by atoms with Crippen LogP contribution >= 0.6 is 0 Å². The van der Waals surface area contributed by atoms with Gasteiger partial charge in [0, 0.05) is 31.0 Å². The van der Waals surface area contributed by atoms with Crippen molar-refractivity contribution in [1.29, 1.82) is 0 Å². The first kappa shape index (κ1) is 25.4. The van der Waals surface area contributed by atoms with Gasteiger partial charge in [0.05, 0.1) is 18.8 Å². The van der Waals surface area contributed by atoms with E-state index in [1.807, 2.05) is 78.9 Å². The lowest BCUT2D eigenvalue weighted by molar-refractivity contribution is -0.139. The van der Waals surface area contributed by atoms with Crippen LogP contribution < -0.4 is 4.90 Å². The van der Waals surface area contributed by atoms with Crippen LogP contribution in [0.3, 0.4) is 0 Å². The maximum absolute atomic E-state index is 13.6. The van der Waals surface area contributed by atoms with Crippen LogP contribution in [0, 0.1) is 5.92 Å². The van der Waals surface area contributed by atoms with Gasteiger partial charge in [-0.1, -0.05) is 97.9 Å². The average Bonchev–Trinajstić information content (AvgIpc) is 3.12. The first-order chi connectivity index (χ1) is 17.4. The maximum atomic E-state index is 13.6. The van der Waals surface area contributed by atoms with Gasteiger partial charge in [-0.2, -0.15) is 0 Å². The van der Waals surface area contributed by atoms with Crippen LogP contribution in [0.1, 0.15) is 30.0 Å². The van der Waals surface area contributed by atoms with E-state index in [2.05, 4.69) is 0 Å². The summed E-state index contributed by atoms with van der Waals surface area (Å²) in [7, 11) is 0. The van der Waals surface area contributed by atoms with Crippen LogP contribution in [0.5, 0.6) is 0 Å². The highest BCUT2D eigenvalue weighted by atomic mass is 16.3. The Balaban J connectivity index is 1.48. The molecule has 2 amide bonds. The molecule has 1 aliphatic heterocycles. The lowest BCUT2D eigenvalue weighted by Crippen LogP contribution is -2.44. The van der Waals surface area contributed by atoms with Gasteiger partial charge in [0.25, 0.3) is 5.91 Å². The Labute approximate surface area is 212 Å². The van der Waals surface area contributed by atoms with Crippen LogP contribution in [-0.2, 0) is 28.3 Å². The van der Waals surface area contributed by atoms with E-state index in [0.29, 0.717) is 24.3 Å². The molecule has 0 aliphatic carbocycles. The molecule has 0 saturated heterocycles. The lowest BCUT2D eigenvalue weighted by atomic mass is 9.83. The molecule has 0 fully saturated rings. The Bertz CT molecular complexity index is 1210. The Morgan fingerprint density at radius 3 is 2.25 bits per heavy atom. The standard InChI is InChI=1S/C30H32N2O4/c1-23(11-10-18-28(34)31(19-20-33)21-24-12-4-2-5-13-24)30(36)26-16-8-9-17-27(26)32(29(30)35)22-25-14-6-3-7-15-25/h2-17,23,33,36H,18-22H2,1H3/b11-10+/t23-,30+/m1/s1. The van der Waals surface area contributed by atoms with Crippen LogP contribution in [-0.4, -0.2) is 40.1 Å². The zero-order valence-electron chi connectivity index (χ0n) is 20.5. The number of para-hydroxylation sites is 1. The molecule has 36 heavy (non-hydrogen) atoms. The molecule has 1 heterocycles. The molecule has 4 rings (SSSR count). The van der Waals surface area contributed by atoms with Crippen molar-refractivity contribution in [3.63, 3.8) is 0 Å². The number of carbonyl (C=O) groups excluding carboxylic acids is 2. The van der Waals surface area contributed by atoms with E-state index in [4.69, 9.17) is 0 Å². The number of fused-ring (bicyclic) bond motifs is 1. The van der Waals surface area contributed by atoms with Crippen molar-refractivity contribution < 1.29 is 19.8 Å². The molecule has 0 unspecified atom stereocenters. The Morgan fingerprint density at radius 1 is 0.972 bits per heavy atom. The number of nitrogens with zero attached hydrogens (tertiary/aromatic N) is 2. The normalized spacial score (nSPS) is 17.9. The third kappa shape index (κ3) is 5.25. The molecule has 186 valence electrons. The molecule has 0 saturated carbocycles. The van der Waals surface area contributed by atoms with E-state index in [-0.39, 0.29) is 31.4 Å². The van der Waals surface area contributed by atoms with Crippen molar-refractivity contribution in [2.24, 2.45) is 5.92 Å². The minimum Gasteiger partial charge on any atom is -0.395 e. The van der Waals surface area contributed by atoms with Crippen LogP contribution in [0.4, 0.5) is 5.69 Å². The zero-order valence-corrected chi connectivity index (χ0v) is 20.5. The molecule has 2 N–H and O–H groups in total. The molecule has 6 nitrogen and oxygen atoms in total. The van der Waals surface area contributed by atoms with E-state index >= 15 is 0 Å². The van der Waals surface area contributed by atoms with Gasteiger partial charge in [-0.25, -0.2) is 0 Å². The summed E-state index contributed by atoms with van der Waals surface area (Å²) >= 11 is 0. The lowest BCUT2D eigenvalue weighted by Gasteiger charge is -2.28. The minimum atomic E-state index is -1.72. The van der Waals surface area contributed by atoms with Gasteiger partial charge < -0.3 is 20.0 Å². The highest BCUT2D eigenvalue weighted by Crippen LogP contribution is 2.45. The molecule has 6 heteroatoms. The number of hydrogen-bond donors (Lipinski definition) is 2. The van der Waals surface area contributed by atoms with Crippen molar-refractivity contribution in [2.45, 2.75) is 32.0 Å². The van der Waals surface area contributed by atoms with E-state index < -0.39 is 11.5 Å². The smallest absolute Gasteiger partial charge is 0.264 e. The molecular weight excluding hydrogens is 452 g/mol. The van der Waals surface area contributed by atoms with Gasteiger partial charge >= 0.3 is 0 Å². The molecule has 0 radical (unpaired) electrons. The first-order valence-electron chi connectivity index (χ1n) is 12.2. The summed E-state index contributed by atoms with van der Waals surface area (Å²) in [5, 5.41) is 21.1. The SMILES string of the molecule is C[C@H](/C=C/CC(=O)N(CCO)Cc1ccccc1)[C@@]1(O)C(=O)N(Cc2ccccc2)c2ccccc21. The van der Waals surface area contributed by atoms with E-state index in [9.17, 15) is 19.8 Å². The summed E-state index contributed by atoms with van der Waals surface area (Å²) < 4.78 is 0. The largest absolute Gasteiger partial charge is 0.395 e. The number of carbonyl (C=O) groups is 2. The monoisotopic (exact) mass is 484 g/mol. The summed E-state index contributed by atoms with van der Waals surface area (Å²) in [6.07, 6.45) is 3.55. The quantitative estimate of drug-likeness (QED) is 0.426. The molecule has 0 spiro atoms. The van der Waals surface area contributed by atoms with Gasteiger partial charge in [-0.05, 0) is 17.2 Å². The maximum Gasteiger partial charge on any atom is 0.264 e. The summed E-state index contributed by atoms with van der Waals surface area (Å²) in [6, 6.07) is 26.6. The summed E-state index contributed by atoms with van der Waals surface area (Å²) in [4.78, 5) is 29.7. The van der Waals surface area contributed by atoms with Gasteiger partial charge in [0.1, 0.15) is 0 Å². The second kappa shape index (κ2) is 11.3. The number of rotatable bonds is 10. The van der Waals surface area contributed by atoms with Crippen molar-refractivity contribution in [1.82, 2.24) is 4.90 Å². The minimum absolute atomic E-state index is 0.108. The highest BCUT2D eigenvalue weighted by molar-refractivity contribution is 6.07. The van der Waals surface area contributed by atoms with Crippen molar-refractivity contribution >= 4 is 17.5 Å². The van der Waals surface area contributed by atoms with Gasteiger partial charge in [-0.3, -0.25) is 9.59 Å². The molecule has 2 atom stereocenters. The average molecular weight is 485 g/mol. The topological polar surface area (TPSA) is 81.1 Å². The van der Waals surface area contributed by atoms with Gasteiger partial charge in [0.2, 0.25) is 5.91 Å². The van der Waals surface area contributed by atoms with Crippen LogP contribution in [0.15, 0.2) is 97.1 Å². The highest BCUT2D eigenvalue weighted by Gasteiger charge is 2.52. The molecule has 3 aromatic carbocycles. The van der Waals surface area contributed by atoms with Gasteiger partial charge in [0.15, 0.2) is 5.60 Å². The predicted octanol–water partition coefficient (Wildman–Crippen LogP) is 4.02. The summed E-state index contributed by atoms with van der Waals surface area (Å²) in [5.41, 5.74) is 1.50. The van der Waals surface area contributed by atoms with Crippen LogP contribution in [0.25, 0.3) is 0 Å². The molecule has 0 aromatic heterocycles. The number of hydrogen-bond acceptors (Lipinski definition) is 4. The van der Waals surface area contributed by atoms with E-state index in [0.717, 1.165) is 11.1 Å². The number of aliphatic hydroxyl groups is 2. The Kier molecular flexibility index (Phi) is 7.98. The molecular formula is C30H32N2O4. The fourth-order valence-electron chi connectivity index (χ4n) is 4.68. The fraction of sp³-hybridized carbons (Fsp3) is 0.267.